The summed E-state index contributed by atoms with van der Waals surface area (Å²) in [6.45, 7) is 6.64. The minimum atomic E-state index is 1.02. The van der Waals surface area contributed by atoms with Crippen molar-refractivity contribution in [2.24, 2.45) is 0 Å². The molecule has 0 bridgehead atoms. The first kappa shape index (κ1) is 18.2. The Balaban J connectivity index is 1.40. The smallest absolute Gasteiger partial charge is 0.208 e. The summed E-state index contributed by atoms with van der Waals surface area (Å²) in [5, 5.41) is 3.62. The Morgan fingerprint density at radius 2 is 1.62 bits per heavy atom. The molecule has 2 aromatic rings. The van der Waals surface area contributed by atoms with Crippen molar-refractivity contribution in [3.05, 3.63) is 93.2 Å². The summed E-state index contributed by atoms with van der Waals surface area (Å²) in [6, 6.07) is 13.5. The van der Waals surface area contributed by atoms with Crippen molar-refractivity contribution >= 4 is 17.1 Å². The maximum atomic E-state index is 3.62. The summed E-state index contributed by atoms with van der Waals surface area (Å²) >= 11 is 0. The van der Waals surface area contributed by atoms with E-state index in [-0.39, 0.29) is 0 Å². The molecule has 2 aromatic carbocycles. The van der Waals surface area contributed by atoms with Crippen molar-refractivity contribution in [3.8, 4) is 0 Å². The summed E-state index contributed by atoms with van der Waals surface area (Å²) in [6.07, 6.45) is 9.17. The third-order valence-corrected chi connectivity index (χ3v) is 6.65. The fraction of sp³-hybridized carbons (Fsp3) is 0.296. The molecule has 29 heavy (non-hydrogen) atoms. The summed E-state index contributed by atoms with van der Waals surface area (Å²) in [7, 11) is 2.20. The van der Waals surface area contributed by atoms with Crippen LogP contribution in [0.5, 0.6) is 0 Å². The van der Waals surface area contributed by atoms with Gasteiger partial charge >= 0.3 is 0 Å². The highest BCUT2D eigenvalue weighted by Gasteiger charge is 2.27. The van der Waals surface area contributed by atoms with E-state index in [9.17, 15) is 0 Å². The van der Waals surface area contributed by atoms with Crippen LogP contribution >= 0.6 is 0 Å². The Labute approximate surface area is 174 Å². The molecule has 0 aromatic heterocycles. The van der Waals surface area contributed by atoms with E-state index < -0.39 is 0 Å². The number of hydrogen-bond acceptors (Lipinski definition) is 1. The molecule has 0 amide bonds. The molecule has 2 heterocycles. The number of hydrogen-bond donors (Lipinski definition) is 1. The van der Waals surface area contributed by atoms with E-state index in [2.05, 4.69) is 86.3 Å². The van der Waals surface area contributed by atoms with Crippen LogP contribution in [0.2, 0.25) is 0 Å². The molecule has 3 aliphatic rings. The van der Waals surface area contributed by atoms with Crippen LogP contribution in [-0.4, -0.2) is 17.3 Å². The molecule has 0 saturated heterocycles. The van der Waals surface area contributed by atoms with Gasteiger partial charge < -0.3 is 5.32 Å². The molecule has 1 aliphatic carbocycles. The minimum absolute atomic E-state index is 1.02. The number of allylic oxidation sites excluding steroid dienone is 6. The van der Waals surface area contributed by atoms with E-state index >= 15 is 0 Å². The van der Waals surface area contributed by atoms with Gasteiger partial charge in [-0.1, -0.05) is 29.3 Å². The van der Waals surface area contributed by atoms with Crippen LogP contribution < -0.4 is 5.32 Å². The zero-order valence-electron chi connectivity index (χ0n) is 17.9. The fourth-order valence-electron chi connectivity index (χ4n) is 4.92. The van der Waals surface area contributed by atoms with Gasteiger partial charge in [0.1, 0.15) is 7.05 Å². The topological polar surface area (TPSA) is 15.0 Å². The molecule has 2 heteroatoms. The average molecular weight is 382 g/mol. The summed E-state index contributed by atoms with van der Waals surface area (Å²) in [5.74, 6) is 0. The lowest BCUT2D eigenvalue weighted by molar-refractivity contribution is -0.400. The third kappa shape index (κ3) is 3.27. The number of anilines is 1. The molecule has 0 radical (unpaired) electrons. The van der Waals surface area contributed by atoms with Crippen molar-refractivity contribution in [2.75, 3.05) is 12.4 Å². The Bertz CT molecular complexity index is 1160. The number of fused-ring (bicyclic) bond motifs is 2. The van der Waals surface area contributed by atoms with Crippen molar-refractivity contribution in [1.82, 2.24) is 0 Å². The highest BCUT2D eigenvalue weighted by atomic mass is 15.0. The van der Waals surface area contributed by atoms with Crippen LogP contribution in [0.25, 0.3) is 0 Å². The van der Waals surface area contributed by atoms with Crippen molar-refractivity contribution in [3.63, 3.8) is 0 Å². The lowest BCUT2D eigenvalue weighted by Gasteiger charge is -2.02. The number of aryl methyl sites for hydroxylation is 2. The lowest BCUT2D eigenvalue weighted by atomic mass is 10.0. The van der Waals surface area contributed by atoms with Gasteiger partial charge in [-0.25, -0.2) is 0 Å². The molecule has 0 unspecified atom stereocenters. The second-order valence-corrected chi connectivity index (χ2v) is 8.81. The highest BCUT2D eigenvalue weighted by Crippen LogP contribution is 2.36. The quantitative estimate of drug-likeness (QED) is 0.615. The predicted octanol–water partition coefficient (Wildman–Crippen LogP) is 6.16. The zero-order chi connectivity index (χ0) is 20.1. The standard InChI is InChI=1S/C27H28N2/c1-17-5-9-26-22(11-17)14-24(28-26)13-20-7-8-21(19(20)3)15-25-16-23-12-18(2)6-10-27(23)29(25)4/h5-6,9-13,15H,7-8,14,16H2,1-4H3/p+1. The van der Waals surface area contributed by atoms with E-state index in [0.717, 1.165) is 25.7 Å². The average Bonchev–Trinajstić information content (AvgIpc) is 3.33. The molecule has 1 N–H and O–H groups in total. The number of benzene rings is 2. The van der Waals surface area contributed by atoms with Crippen LogP contribution in [0, 0.1) is 13.8 Å². The molecule has 0 spiro atoms. The highest BCUT2D eigenvalue weighted by molar-refractivity contribution is 5.97. The third-order valence-electron chi connectivity index (χ3n) is 6.65. The molecule has 0 atom stereocenters. The lowest BCUT2D eigenvalue weighted by Crippen LogP contribution is -2.06. The first-order valence-corrected chi connectivity index (χ1v) is 10.6. The second-order valence-electron chi connectivity index (χ2n) is 8.81. The first-order valence-electron chi connectivity index (χ1n) is 10.6. The minimum Gasteiger partial charge on any atom is -0.358 e. The van der Waals surface area contributed by atoms with Crippen molar-refractivity contribution in [2.45, 2.75) is 46.5 Å². The molecule has 0 saturated carbocycles. The van der Waals surface area contributed by atoms with Crippen LogP contribution in [0.3, 0.4) is 0 Å². The maximum absolute atomic E-state index is 3.62. The van der Waals surface area contributed by atoms with E-state index in [4.69, 9.17) is 0 Å². The first-order chi connectivity index (χ1) is 14.0. The van der Waals surface area contributed by atoms with E-state index in [1.165, 1.54) is 61.8 Å². The van der Waals surface area contributed by atoms with Crippen LogP contribution in [0.15, 0.2) is 71.0 Å². The number of rotatable bonds is 2. The van der Waals surface area contributed by atoms with Gasteiger partial charge in [0.15, 0.2) is 5.71 Å². The van der Waals surface area contributed by atoms with Gasteiger partial charge in [-0.3, -0.25) is 0 Å². The van der Waals surface area contributed by atoms with Crippen molar-refractivity contribution in [1.29, 1.82) is 0 Å². The Morgan fingerprint density at radius 1 is 0.862 bits per heavy atom. The van der Waals surface area contributed by atoms with Gasteiger partial charge in [-0.15, -0.1) is 0 Å². The monoisotopic (exact) mass is 381 g/mol. The van der Waals surface area contributed by atoms with Gasteiger partial charge in [-0.2, -0.15) is 4.58 Å². The van der Waals surface area contributed by atoms with Crippen molar-refractivity contribution < 1.29 is 4.58 Å². The molecule has 5 rings (SSSR count). The van der Waals surface area contributed by atoms with Crippen LogP contribution in [-0.2, 0) is 12.8 Å². The molecule has 146 valence electrons. The van der Waals surface area contributed by atoms with Gasteiger partial charge in [0, 0.05) is 35.5 Å². The summed E-state index contributed by atoms with van der Waals surface area (Å²) in [5.41, 5.74) is 15.3. The summed E-state index contributed by atoms with van der Waals surface area (Å²) in [4.78, 5) is 0. The fourth-order valence-corrected chi connectivity index (χ4v) is 4.92. The van der Waals surface area contributed by atoms with Gasteiger partial charge in [0.2, 0.25) is 5.69 Å². The number of nitrogens with one attached hydrogen (secondary N) is 1. The number of nitrogens with zero attached hydrogens (tertiary/aromatic N) is 1. The largest absolute Gasteiger partial charge is 0.358 e. The summed E-state index contributed by atoms with van der Waals surface area (Å²) < 4.78 is 2.36. The van der Waals surface area contributed by atoms with Gasteiger partial charge in [0.25, 0.3) is 0 Å². The van der Waals surface area contributed by atoms with E-state index in [1.54, 1.807) is 0 Å². The molecule has 2 aliphatic heterocycles. The zero-order valence-corrected chi connectivity index (χ0v) is 17.9. The molecular formula is C27H29N2+. The van der Waals surface area contributed by atoms with E-state index in [1.807, 2.05) is 0 Å². The van der Waals surface area contributed by atoms with Gasteiger partial charge in [-0.05, 0) is 74.1 Å². The Kier molecular flexibility index (Phi) is 4.31. The Morgan fingerprint density at radius 3 is 2.45 bits per heavy atom. The normalized spacial score (nSPS) is 20.7. The van der Waals surface area contributed by atoms with Crippen LogP contribution in [0.4, 0.5) is 11.4 Å². The molecule has 0 fully saturated rings. The van der Waals surface area contributed by atoms with Crippen LogP contribution in [0.1, 0.15) is 42.0 Å². The van der Waals surface area contributed by atoms with Gasteiger partial charge in [0.05, 0.1) is 6.42 Å². The predicted molar refractivity (Wildman–Crippen MR) is 122 cm³/mol. The van der Waals surface area contributed by atoms with E-state index in [0.29, 0.717) is 0 Å². The molecule has 2 nitrogen and oxygen atoms in total. The maximum Gasteiger partial charge on any atom is 0.208 e. The second kappa shape index (κ2) is 6.88. The Hall–Kier alpha value is -2.87. The SMILES string of the molecule is CC1=C(/C=C2/Cc3cc(C)ccc3N2)CC/C1=C\C1=[N+](C)c2ccc(C)cc2C1. The molecular weight excluding hydrogens is 352 g/mol.